The maximum atomic E-state index is 13.0. The van der Waals surface area contributed by atoms with Crippen LogP contribution in [-0.2, 0) is 13.0 Å². The Morgan fingerprint density at radius 2 is 1.73 bits per heavy atom. The third-order valence-electron chi connectivity index (χ3n) is 4.91. The molecule has 0 saturated heterocycles. The number of rotatable bonds is 7. The van der Waals surface area contributed by atoms with Crippen LogP contribution in [0.3, 0.4) is 0 Å². The number of aryl methyl sites for hydroxylation is 1. The van der Waals surface area contributed by atoms with E-state index in [1.54, 1.807) is 6.20 Å². The van der Waals surface area contributed by atoms with Gasteiger partial charge in [-0.1, -0.05) is 66.2 Å². The van der Waals surface area contributed by atoms with Gasteiger partial charge in [0.1, 0.15) is 5.69 Å². The molecule has 0 aliphatic rings. The van der Waals surface area contributed by atoms with Crippen LogP contribution in [0.5, 0.6) is 0 Å². The number of amides is 1. The van der Waals surface area contributed by atoms with Crippen LogP contribution in [0.15, 0.2) is 85.2 Å². The topological polar surface area (TPSA) is 59.8 Å². The van der Waals surface area contributed by atoms with Gasteiger partial charge in [-0.15, -0.1) is 0 Å². The second-order valence-electron chi connectivity index (χ2n) is 7.27. The Balaban J connectivity index is 1.56. The molecule has 5 nitrogen and oxygen atoms in total. The van der Waals surface area contributed by atoms with Gasteiger partial charge in [0.2, 0.25) is 0 Å². The summed E-state index contributed by atoms with van der Waals surface area (Å²) in [5, 5.41) is 7.75. The van der Waals surface area contributed by atoms with Crippen molar-refractivity contribution in [3.05, 3.63) is 108 Å². The predicted molar refractivity (Wildman–Crippen MR) is 118 cm³/mol. The lowest BCUT2D eigenvalue weighted by atomic mass is 10.1. The standard InChI is InChI=1S/C25H24N4O/c1-19-10-12-21(13-11-19)24-23(18-29(28-24)17-20-7-3-2-4-8-20)25(30)27-16-14-22-9-5-6-15-26-22/h2-13,15,18H,14,16-17H2,1H3,(H,27,30). The number of nitrogens with zero attached hydrogens (tertiary/aromatic N) is 3. The van der Waals surface area contributed by atoms with Gasteiger partial charge < -0.3 is 5.32 Å². The van der Waals surface area contributed by atoms with E-state index in [2.05, 4.69) is 22.4 Å². The molecule has 2 aromatic heterocycles. The summed E-state index contributed by atoms with van der Waals surface area (Å²) in [6, 6.07) is 24.0. The molecule has 0 atom stereocenters. The van der Waals surface area contributed by atoms with E-state index < -0.39 is 0 Å². The molecule has 1 N–H and O–H groups in total. The van der Waals surface area contributed by atoms with Crippen molar-refractivity contribution in [2.45, 2.75) is 19.9 Å². The molecule has 150 valence electrons. The van der Waals surface area contributed by atoms with E-state index in [1.165, 1.54) is 5.56 Å². The minimum atomic E-state index is -0.124. The van der Waals surface area contributed by atoms with E-state index >= 15 is 0 Å². The number of benzene rings is 2. The summed E-state index contributed by atoms with van der Waals surface area (Å²) >= 11 is 0. The van der Waals surface area contributed by atoms with E-state index in [1.807, 2.05) is 78.5 Å². The molecule has 0 unspecified atom stereocenters. The zero-order valence-corrected chi connectivity index (χ0v) is 17.0. The van der Waals surface area contributed by atoms with Crippen molar-refractivity contribution in [1.29, 1.82) is 0 Å². The summed E-state index contributed by atoms with van der Waals surface area (Å²) < 4.78 is 1.83. The van der Waals surface area contributed by atoms with E-state index in [-0.39, 0.29) is 5.91 Å². The first kappa shape index (κ1) is 19.6. The molecule has 2 heterocycles. The average molecular weight is 396 g/mol. The second-order valence-corrected chi connectivity index (χ2v) is 7.27. The summed E-state index contributed by atoms with van der Waals surface area (Å²) in [4.78, 5) is 17.3. The molecule has 5 heteroatoms. The van der Waals surface area contributed by atoms with E-state index in [9.17, 15) is 4.79 Å². The lowest BCUT2D eigenvalue weighted by molar-refractivity contribution is 0.0954. The zero-order chi connectivity index (χ0) is 20.8. The number of carbonyl (C=O) groups excluding carboxylic acids is 1. The van der Waals surface area contributed by atoms with E-state index in [0.717, 1.165) is 16.8 Å². The van der Waals surface area contributed by atoms with Crippen LogP contribution >= 0.6 is 0 Å². The molecule has 0 aliphatic heterocycles. The lowest BCUT2D eigenvalue weighted by Gasteiger charge is -2.05. The predicted octanol–water partition coefficient (Wildman–Crippen LogP) is 4.27. The first-order valence-electron chi connectivity index (χ1n) is 10.1. The summed E-state index contributed by atoms with van der Waals surface area (Å²) in [7, 11) is 0. The van der Waals surface area contributed by atoms with Crippen molar-refractivity contribution in [2.24, 2.45) is 0 Å². The molecule has 4 rings (SSSR count). The van der Waals surface area contributed by atoms with Crippen molar-refractivity contribution in [1.82, 2.24) is 20.1 Å². The van der Waals surface area contributed by atoms with Crippen LogP contribution < -0.4 is 5.32 Å². The van der Waals surface area contributed by atoms with Gasteiger partial charge in [0.15, 0.2) is 0 Å². The Labute approximate surface area is 176 Å². The fraction of sp³-hybridized carbons (Fsp3) is 0.160. The SMILES string of the molecule is Cc1ccc(-c2nn(Cc3ccccc3)cc2C(=O)NCCc2ccccn2)cc1. The van der Waals surface area contributed by atoms with Crippen LogP contribution in [-0.4, -0.2) is 27.2 Å². The van der Waals surface area contributed by atoms with Crippen molar-refractivity contribution < 1.29 is 4.79 Å². The highest BCUT2D eigenvalue weighted by Gasteiger charge is 2.18. The van der Waals surface area contributed by atoms with E-state index in [4.69, 9.17) is 5.10 Å². The van der Waals surface area contributed by atoms with Crippen LogP contribution in [0.25, 0.3) is 11.3 Å². The maximum Gasteiger partial charge on any atom is 0.255 e. The Hall–Kier alpha value is -3.73. The molecule has 4 aromatic rings. The fourth-order valence-corrected chi connectivity index (χ4v) is 3.31. The highest BCUT2D eigenvalue weighted by atomic mass is 16.1. The number of carbonyl (C=O) groups is 1. The Morgan fingerprint density at radius 1 is 0.967 bits per heavy atom. The van der Waals surface area contributed by atoms with Crippen molar-refractivity contribution in [2.75, 3.05) is 6.54 Å². The number of pyridine rings is 1. The van der Waals surface area contributed by atoms with Crippen LogP contribution in [0.1, 0.15) is 27.2 Å². The number of hydrogen-bond donors (Lipinski definition) is 1. The van der Waals surface area contributed by atoms with Gasteiger partial charge in [-0.3, -0.25) is 14.5 Å². The highest BCUT2D eigenvalue weighted by molar-refractivity contribution is 5.99. The summed E-state index contributed by atoms with van der Waals surface area (Å²) in [6.45, 7) is 3.18. The third-order valence-corrected chi connectivity index (χ3v) is 4.91. The molecule has 0 fully saturated rings. The summed E-state index contributed by atoms with van der Waals surface area (Å²) in [5.41, 5.74) is 5.47. The monoisotopic (exact) mass is 396 g/mol. The second kappa shape index (κ2) is 9.18. The Kier molecular flexibility index (Phi) is 5.99. The molecule has 0 radical (unpaired) electrons. The van der Waals surface area contributed by atoms with Gasteiger partial charge in [-0.25, -0.2) is 0 Å². The molecule has 30 heavy (non-hydrogen) atoms. The minimum Gasteiger partial charge on any atom is -0.352 e. The van der Waals surface area contributed by atoms with Crippen LogP contribution in [0, 0.1) is 6.92 Å². The lowest BCUT2D eigenvalue weighted by Crippen LogP contribution is -2.26. The van der Waals surface area contributed by atoms with E-state index in [0.29, 0.717) is 30.8 Å². The summed E-state index contributed by atoms with van der Waals surface area (Å²) in [6.07, 6.45) is 4.28. The number of nitrogens with one attached hydrogen (secondary N) is 1. The first-order chi connectivity index (χ1) is 14.7. The maximum absolute atomic E-state index is 13.0. The summed E-state index contributed by atoms with van der Waals surface area (Å²) in [5.74, 6) is -0.124. The molecule has 1 amide bonds. The smallest absolute Gasteiger partial charge is 0.255 e. The Morgan fingerprint density at radius 3 is 2.47 bits per heavy atom. The zero-order valence-electron chi connectivity index (χ0n) is 17.0. The molecule has 0 aliphatic carbocycles. The Bertz CT molecular complexity index is 1100. The van der Waals surface area contributed by atoms with Crippen LogP contribution in [0.4, 0.5) is 0 Å². The molecule has 0 spiro atoms. The largest absolute Gasteiger partial charge is 0.352 e. The van der Waals surface area contributed by atoms with Gasteiger partial charge >= 0.3 is 0 Å². The third kappa shape index (κ3) is 4.81. The quantitative estimate of drug-likeness (QED) is 0.507. The number of hydrogen-bond acceptors (Lipinski definition) is 3. The van der Waals surface area contributed by atoms with Gasteiger partial charge in [0, 0.05) is 36.6 Å². The fourth-order valence-electron chi connectivity index (χ4n) is 3.31. The first-order valence-corrected chi connectivity index (χ1v) is 10.1. The van der Waals surface area contributed by atoms with Gasteiger partial charge in [-0.2, -0.15) is 5.10 Å². The van der Waals surface area contributed by atoms with Crippen molar-refractivity contribution in [3.8, 4) is 11.3 Å². The molecule has 0 bridgehead atoms. The van der Waals surface area contributed by atoms with Gasteiger partial charge in [0.25, 0.3) is 5.91 Å². The minimum absolute atomic E-state index is 0.124. The van der Waals surface area contributed by atoms with Gasteiger partial charge in [0.05, 0.1) is 12.1 Å². The molecular formula is C25H24N4O. The average Bonchev–Trinajstić information content (AvgIpc) is 3.19. The molecule has 2 aromatic carbocycles. The van der Waals surface area contributed by atoms with Crippen LogP contribution in [0.2, 0.25) is 0 Å². The number of aromatic nitrogens is 3. The molecular weight excluding hydrogens is 372 g/mol. The normalized spacial score (nSPS) is 10.7. The highest BCUT2D eigenvalue weighted by Crippen LogP contribution is 2.23. The van der Waals surface area contributed by atoms with Crippen molar-refractivity contribution >= 4 is 5.91 Å². The molecule has 0 saturated carbocycles. The van der Waals surface area contributed by atoms with Gasteiger partial charge in [-0.05, 0) is 24.6 Å². The van der Waals surface area contributed by atoms with Crippen molar-refractivity contribution in [3.63, 3.8) is 0 Å².